The standard InChI is InChI=1S/C10H13N3O5/c14-6(4-7(15)16)13-3-1-2-10(5-13)8(17)11-9(18)12-10/h1-5H2,(H,15,16)(H2,11,12,17,18). The van der Waals surface area contributed by atoms with E-state index in [0.717, 1.165) is 0 Å². The van der Waals surface area contributed by atoms with Crippen LogP contribution in [0.1, 0.15) is 19.3 Å². The van der Waals surface area contributed by atoms with E-state index in [0.29, 0.717) is 19.4 Å². The number of carboxylic acids is 1. The van der Waals surface area contributed by atoms with E-state index in [9.17, 15) is 19.2 Å². The molecule has 4 amide bonds. The summed E-state index contributed by atoms with van der Waals surface area (Å²) < 4.78 is 0. The topological polar surface area (TPSA) is 116 Å². The van der Waals surface area contributed by atoms with Crippen LogP contribution in [-0.4, -0.2) is 52.4 Å². The van der Waals surface area contributed by atoms with E-state index >= 15 is 0 Å². The third-order valence-electron chi connectivity index (χ3n) is 3.16. The normalized spacial score (nSPS) is 27.0. The van der Waals surface area contributed by atoms with Gasteiger partial charge in [-0.2, -0.15) is 0 Å². The summed E-state index contributed by atoms with van der Waals surface area (Å²) in [6.07, 6.45) is 0.381. The number of imide groups is 1. The zero-order chi connectivity index (χ0) is 13.3. The van der Waals surface area contributed by atoms with E-state index in [2.05, 4.69) is 10.6 Å². The quantitative estimate of drug-likeness (QED) is 0.417. The Hall–Kier alpha value is -2.12. The predicted octanol–water partition coefficient (Wildman–Crippen LogP) is -1.34. The number of rotatable bonds is 2. The number of carbonyl (C=O) groups excluding carboxylic acids is 3. The van der Waals surface area contributed by atoms with Crippen LogP contribution in [0.5, 0.6) is 0 Å². The van der Waals surface area contributed by atoms with E-state index in [1.807, 2.05) is 0 Å². The fraction of sp³-hybridized carbons (Fsp3) is 0.600. The minimum Gasteiger partial charge on any atom is -0.481 e. The van der Waals surface area contributed by atoms with Gasteiger partial charge in [0.1, 0.15) is 12.0 Å². The van der Waals surface area contributed by atoms with Gasteiger partial charge < -0.3 is 15.3 Å². The van der Waals surface area contributed by atoms with Gasteiger partial charge >= 0.3 is 12.0 Å². The lowest BCUT2D eigenvalue weighted by atomic mass is 9.89. The lowest BCUT2D eigenvalue weighted by molar-refractivity contribution is -0.145. The van der Waals surface area contributed by atoms with E-state index in [1.165, 1.54) is 4.90 Å². The molecule has 98 valence electrons. The second kappa shape index (κ2) is 4.28. The number of aliphatic carboxylic acids is 1. The van der Waals surface area contributed by atoms with Crippen LogP contribution in [0.4, 0.5) is 4.79 Å². The monoisotopic (exact) mass is 255 g/mol. The first-order valence-corrected chi connectivity index (χ1v) is 5.56. The summed E-state index contributed by atoms with van der Waals surface area (Å²) in [6.45, 7) is 0.424. The van der Waals surface area contributed by atoms with Crippen molar-refractivity contribution < 1.29 is 24.3 Å². The van der Waals surface area contributed by atoms with Crippen LogP contribution < -0.4 is 10.6 Å². The SMILES string of the molecule is O=C(O)CC(=O)N1CCCC2(C1)NC(=O)NC2=O. The molecule has 0 aromatic carbocycles. The molecule has 8 heteroatoms. The van der Waals surface area contributed by atoms with Crippen LogP contribution >= 0.6 is 0 Å². The number of hydrogen-bond acceptors (Lipinski definition) is 4. The van der Waals surface area contributed by atoms with Crippen molar-refractivity contribution in [2.75, 3.05) is 13.1 Å². The van der Waals surface area contributed by atoms with Crippen molar-refractivity contribution in [1.82, 2.24) is 15.5 Å². The van der Waals surface area contributed by atoms with Crippen molar-refractivity contribution in [3.05, 3.63) is 0 Å². The summed E-state index contributed by atoms with van der Waals surface area (Å²) in [6, 6.07) is -0.576. The smallest absolute Gasteiger partial charge is 0.322 e. The van der Waals surface area contributed by atoms with Crippen LogP contribution in [0.2, 0.25) is 0 Å². The van der Waals surface area contributed by atoms with Gasteiger partial charge in [-0.25, -0.2) is 4.79 Å². The van der Waals surface area contributed by atoms with E-state index in [-0.39, 0.29) is 6.54 Å². The van der Waals surface area contributed by atoms with Crippen molar-refractivity contribution in [3.63, 3.8) is 0 Å². The van der Waals surface area contributed by atoms with Crippen LogP contribution in [0.3, 0.4) is 0 Å². The number of urea groups is 1. The highest BCUT2D eigenvalue weighted by Gasteiger charge is 2.49. The zero-order valence-corrected chi connectivity index (χ0v) is 9.56. The fourth-order valence-electron chi connectivity index (χ4n) is 2.33. The van der Waals surface area contributed by atoms with Gasteiger partial charge in [0, 0.05) is 6.54 Å². The molecule has 2 fully saturated rings. The number of nitrogens with zero attached hydrogens (tertiary/aromatic N) is 1. The van der Waals surface area contributed by atoms with Gasteiger partial charge in [0.2, 0.25) is 5.91 Å². The van der Waals surface area contributed by atoms with Crippen LogP contribution in [0.15, 0.2) is 0 Å². The highest BCUT2D eigenvalue weighted by atomic mass is 16.4. The van der Waals surface area contributed by atoms with E-state index in [1.54, 1.807) is 0 Å². The first kappa shape index (κ1) is 12.3. The molecule has 2 saturated heterocycles. The van der Waals surface area contributed by atoms with Gasteiger partial charge in [-0.1, -0.05) is 0 Å². The average molecular weight is 255 g/mol. The zero-order valence-electron chi connectivity index (χ0n) is 9.56. The summed E-state index contributed by atoms with van der Waals surface area (Å²) in [5, 5.41) is 13.2. The molecular weight excluding hydrogens is 242 g/mol. The molecule has 8 nitrogen and oxygen atoms in total. The fourth-order valence-corrected chi connectivity index (χ4v) is 2.33. The van der Waals surface area contributed by atoms with Gasteiger partial charge in [-0.15, -0.1) is 0 Å². The highest BCUT2D eigenvalue weighted by molar-refractivity contribution is 6.07. The lowest BCUT2D eigenvalue weighted by Gasteiger charge is -2.37. The maximum atomic E-state index is 11.7. The molecular formula is C10H13N3O5. The van der Waals surface area contributed by atoms with Crippen molar-refractivity contribution in [1.29, 1.82) is 0 Å². The van der Waals surface area contributed by atoms with Gasteiger partial charge in [0.25, 0.3) is 5.91 Å². The molecule has 0 aromatic rings. The Balaban J connectivity index is 2.09. The molecule has 18 heavy (non-hydrogen) atoms. The largest absolute Gasteiger partial charge is 0.481 e. The molecule has 0 aromatic heterocycles. The molecule has 0 aliphatic carbocycles. The first-order valence-electron chi connectivity index (χ1n) is 5.56. The second-order valence-corrected chi connectivity index (χ2v) is 4.48. The van der Waals surface area contributed by atoms with Gasteiger partial charge in [0.05, 0.1) is 6.54 Å². The Morgan fingerprint density at radius 1 is 1.39 bits per heavy atom. The number of carbonyl (C=O) groups is 4. The lowest BCUT2D eigenvalue weighted by Crippen LogP contribution is -2.59. The number of hydrogen-bond donors (Lipinski definition) is 3. The number of carboxylic acid groups (broad SMARTS) is 1. The molecule has 3 N–H and O–H groups in total. The maximum absolute atomic E-state index is 11.7. The minimum absolute atomic E-state index is 0.0245. The molecule has 2 heterocycles. The summed E-state index contributed by atoms with van der Waals surface area (Å²) in [5.74, 6) is -2.21. The molecule has 0 bridgehead atoms. The van der Waals surface area contributed by atoms with Crippen molar-refractivity contribution >= 4 is 23.8 Å². The Morgan fingerprint density at radius 3 is 2.67 bits per heavy atom. The predicted molar refractivity (Wildman–Crippen MR) is 57.5 cm³/mol. The molecule has 1 spiro atoms. The minimum atomic E-state index is -1.21. The van der Waals surface area contributed by atoms with E-state index < -0.39 is 35.8 Å². The molecule has 0 radical (unpaired) electrons. The second-order valence-electron chi connectivity index (χ2n) is 4.48. The van der Waals surface area contributed by atoms with E-state index in [4.69, 9.17) is 5.11 Å². The van der Waals surface area contributed by atoms with Crippen molar-refractivity contribution in [3.8, 4) is 0 Å². The van der Waals surface area contributed by atoms with Gasteiger partial charge in [0.15, 0.2) is 0 Å². The van der Waals surface area contributed by atoms with Crippen molar-refractivity contribution in [2.24, 2.45) is 0 Å². The van der Waals surface area contributed by atoms with Gasteiger partial charge in [-0.05, 0) is 12.8 Å². The Labute approximate surface area is 102 Å². The van der Waals surface area contributed by atoms with Gasteiger partial charge in [-0.3, -0.25) is 19.7 Å². The molecule has 2 rings (SSSR count). The van der Waals surface area contributed by atoms with Crippen molar-refractivity contribution in [2.45, 2.75) is 24.8 Å². The Bertz CT molecular complexity index is 435. The summed E-state index contributed by atoms with van der Waals surface area (Å²) >= 11 is 0. The molecule has 2 aliphatic heterocycles. The highest BCUT2D eigenvalue weighted by Crippen LogP contribution is 2.24. The third-order valence-corrected chi connectivity index (χ3v) is 3.16. The maximum Gasteiger partial charge on any atom is 0.322 e. The third kappa shape index (κ3) is 2.13. The number of piperidine rings is 1. The Morgan fingerprint density at radius 2 is 2.11 bits per heavy atom. The van der Waals surface area contributed by atoms with Crippen LogP contribution in [-0.2, 0) is 14.4 Å². The number of nitrogens with one attached hydrogen (secondary N) is 2. The number of likely N-dealkylation sites (tertiary alicyclic amines) is 1. The Kier molecular flexibility index (Phi) is 2.93. The summed E-state index contributed by atoms with van der Waals surface area (Å²) in [5.41, 5.74) is -1.09. The molecule has 1 atom stereocenters. The molecule has 0 saturated carbocycles. The first-order chi connectivity index (χ1) is 8.43. The van der Waals surface area contributed by atoms with Crippen LogP contribution in [0, 0.1) is 0 Å². The summed E-state index contributed by atoms with van der Waals surface area (Å²) in [7, 11) is 0. The molecule has 1 unspecified atom stereocenters. The summed E-state index contributed by atoms with van der Waals surface area (Å²) in [4.78, 5) is 46.3. The molecule has 2 aliphatic rings. The van der Waals surface area contributed by atoms with Crippen LogP contribution in [0.25, 0.3) is 0 Å². The average Bonchev–Trinajstić information content (AvgIpc) is 2.52. The number of amides is 4.